The highest BCUT2D eigenvalue weighted by molar-refractivity contribution is 6.76. The molecule has 184 valence electrons. The van der Waals surface area contributed by atoms with Crippen molar-refractivity contribution in [3.63, 3.8) is 0 Å². The number of anilines is 1. The van der Waals surface area contributed by atoms with Crippen molar-refractivity contribution in [2.24, 2.45) is 0 Å². The van der Waals surface area contributed by atoms with Crippen LogP contribution < -0.4 is 10.2 Å². The summed E-state index contributed by atoms with van der Waals surface area (Å²) in [5.74, 6) is 0.353. The summed E-state index contributed by atoms with van der Waals surface area (Å²) in [7, 11) is -1.17. The number of amides is 1. The van der Waals surface area contributed by atoms with Crippen LogP contribution in [0.25, 0.3) is 11.0 Å². The smallest absolute Gasteiger partial charge is 0.408 e. The highest BCUT2D eigenvalue weighted by Crippen LogP contribution is 2.28. The normalized spacial score (nSPS) is 16.8. The van der Waals surface area contributed by atoms with E-state index in [1.807, 2.05) is 32.6 Å². The van der Waals surface area contributed by atoms with Crippen molar-refractivity contribution in [2.75, 3.05) is 24.6 Å². The van der Waals surface area contributed by atoms with Gasteiger partial charge >= 0.3 is 6.09 Å². The number of aromatic nitrogens is 4. The van der Waals surface area contributed by atoms with Gasteiger partial charge in [0.2, 0.25) is 11.8 Å². The number of piperidine rings is 1. The molecule has 0 saturated carbocycles. The van der Waals surface area contributed by atoms with E-state index in [4.69, 9.17) is 9.47 Å². The lowest BCUT2D eigenvalue weighted by atomic mass is 9.90. The number of rotatable bonds is 7. The third-order valence-corrected chi connectivity index (χ3v) is 7.33. The number of nitrogens with one attached hydrogen (secondary N) is 1. The molecule has 0 spiro atoms. The molecule has 0 aliphatic carbocycles. The lowest BCUT2D eigenvalue weighted by Gasteiger charge is -2.40. The number of fused-ring (bicyclic) bond motifs is 1. The van der Waals surface area contributed by atoms with E-state index < -0.39 is 19.8 Å². The van der Waals surface area contributed by atoms with Gasteiger partial charge in [0.1, 0.15) is 17.7 Å². The Morgan fingerprint density at radius 2 is 1.91 bits per heavy atom. The van der Waals surface area contributed by atoms with Crippen LogP contribution >= 0.6 is 0 Å². The predicted octanol–water partition coefficient (Wildman–Crippen LogP) is 3.73. The molecular weight excluding hydrogens is 440 g/mol. The van der Waals surface area contributed by atoms with Crippen molar-refractivity contribution >= 4 is 31.1 Å². The first-order chi connectivity index (χ1) is 15.2. The summed E-state index contributed by atoms with van der Waals surface area (Å²) in [4.78, 5) is 23.2. The van der Waals surface area contributed by atoms with Crippen LogP contribution in [-0.2, 0) is 16.2 Å². The summed E-state index contributed by atoms with van der Waals surface area (Å²) in [5.41, 5.74) is -0.369. The first-order valence-corrected chi connectivity index (χ1v) is 15.2. The molecular formula is C22H38N6O4Si. The van der Waals surface area contributed by atoms with Gasteiger partial charge in [0, 0.05) is 33.3 Å². The fraction of sp³-hybridized carbons (Fsp3) is 0.727. The van der Waals surface area contributed by atoms with E-state index in [-0.39, 0.29) is 18.1 Å². The largest absolute Gasteiger partial charge is 0.493 e. The highest BCUT2D eigenvalue weighted by atomic mass is 28.3. The first-order valence-electron chi connectivity index (χ1n) is 11.5. The molecule has 11 heteroatoms. The van der Waals surface area contributed by atoms with Gasteiger partial charge < -0.3 is 24.8 Å². The zero-order valence-electron chi connectivity index (χ0n) is 20.9. The summed E-state index contributed by atoms with van der Waals surface area (Å²) in [6, 6.07) is 1.07. The van der Waals surface area contributed by atoms with Crippen molar-refractivity contribution in [1.29, 1.82) is 0 Å². The highest BCUT2D eigenvalue weighted by Gasteiger charge is 2.34. The van der Waals surface area contributed by atoms with E-state index in [0.29, 0.717) is 49.5 Å². The molecule has 2 N–H and O–H groups in total. The maximum Gasteiger partial charge on any atom is 0.408 e. The Morgan fingerprint density at radius 3 is 2.52 bits per heavy atom. The summed E-state index contributed by atoms with van der Waals surface area (Å²) in [6.45, 7) is 16.7. The van der Waals surface area contributed by atoms with Crippen LogP contribution in [0.3, 0.4) is 0 Å². The maximum atomic E-state index is 12.2. The Kier molecular flexibility index (Phi) is 7.23. The molecule has 3 heterocycles. The number of carbonyl (C=O) groups is 1. The zero-order chi connectivity index (χ0) is 24.4. The molecule has 0 atom stereocenters. The fourth-order valence-corrected chi connectivity index (χ4v) is 4.33. The fourth-order valence-electron chi connectivity index (χ4n) is 3.57. The van der Waals surface area contributed by atoms with Crippen molar-refractivity contribution in [3.05, 3.63) is 6.20 Å². The molecule has 33 heavy (non-hydrogen) atoms. The van der Waals surface area contributed by atoms with Gasteiger partial charge in [0.25, 0.3) is 0 Å². The van der Waals surface area contributed by atoms with Crippen LogP contribution in [0.5, 0.6) is 5.88 Å². The zero-order valence-corrected chi connectivity index (χ0v) is 21.9. The van der Waals surface area contributed by atoms with Crippen molar-refractivity contribution in [3.8, 4) is 5.88 Å². The van der Waals surface area contributed by atoms with Crippen molar-refractivity contribution < 1.29 is 19.4 Å². The van der Waals surface area contributed by atoms with Gasteiger partial charge in [-0.2, -0.15) is 15.1 Å². The quantitative estimate of drug-likeness (QED) is 0.457. The Labute approximate surface area is 196 Å². The molecule has 0 bridgehead atoms. The maximum absolute atomic E-state index is 12.2. The second-order valence-electron chi connectivity index (χ2n) is 11.3. The van der Waals surface area contributed by atoms with Crippen LogP contribution in [0.1, 0.15) is 40.5 Å². The van der Waals surface area contributed by atoms with Crippen LogP contribution in [0.4, 0.5) is 10.7 Å². The number of hydrogen-bond donors (Lipinski definition) is 2. The van der Waals surface area contributed by atoms with Gasteiger partial charge in [-0.3, -0.25) is 0 Å². The lowest BCUT2D eigenvalue weighted by Crippen LogP contribution is -2.54. The molecule has 3 rings (SSSR count). The lowest BCUT2D eigenvalue weighted by molar-refractivity contribution is 0.0448. The number of nitrogens with zero attached hydrogens (tertiary/aromatic N) is 5. The molecule has 1 aliphatic rings. The van der Waals surface area contributed by atoms with Gasteiger partial charge in [-0.15, -0.1) is 0 Å². The summed E-state index contributed by atoms with van der Waals surface area (Å²) < 4.78 is 12.9. The van der Waals surface area contributed by atoms with E-state index in [2.05, 4.69) is 40.0 Å². The Balaban J connectivity index is 1.65. The molecule has 2 aromatic rings. The summed E-state index contributed by atoms with van der Waals surface area (Å²) >= 11 is 0. The molecule has 0 aromatic carbocycles. The third kappa shape index (κ3) is 7.04. The number of aromatic hydroxyl groups is 1. The van der Waals surface area contributed by atoms with Crippen LogP contribution in [0, 0.1) is 0 Å². The number of ether oxygens (including phenoxy) is 2. The van der Waals surface area contributed by atoms with Gasteiger partial charge in [-0.25, -0.2) is 9.48 Å². The molecule has 1 amide bonds. The van der Waals surface area contributed by atoms with Gasteiger partial charge in [0.15, 0.2) is 5.65 Å². The number of hydrogen-bond acceptors (Lipinski definition) is 8. The van der Waals surface area contributed by atoms with Crippen LogP contribution in [0.2, 0.25) is 25.7 Å². The van der Waals surface area contributed by atoms with Crippen LogP contribution in [-0.4, -0.2) is 69.9 Å². The van der Waals surface area contributed by atoms with E-state index >= 15 is 0 Å². The molecule has 10 nitrogen and oxygen atoms in total. The minimum Gasteiger partial charge on any atom is -0.493 e. The Morgan fingerprint density at radius 1 is 1.24 bits per heavy atom. The standard InChI is InChI=1S/C22H38N6O4Si/c1-21(2,3)32-20(30)26-22(4)8-10-27(11-9-22)19-24-17-16(18(29)25-19)14-23-28(17)15-31-12-13-33(5,6)7/h14H,8-13,15H2,1-7H3,(H,26,30)(H,24,25,29). The number of alkyl carbamates (subject to hydrolysis) is 1. The Hall–Kier alpha value is -2.40. The minimum absolute atomic E-state index is 0.0939. The summed E-state index contributed by atoms with van der Waals surface area (Å²) in [5, 5.41) is 18.3. The van der Waals surface area contributed by atoms with E-state index in [0.717, 1.165) is 6.04 Å². The van der Waals surface area contributed by atoms with Crippen LogP contribution in [0.15, 0.2) is 6.20 Å². The SMILES string of the molecule is CC1(NC(=O)OC(C)(C)C)CCN(c2nc(O)c3cnn(COCC[Si](C)(C)C)c3n2)CC1. The van der Waals surface area contributed by atoms with E-state index in [9.17, 15) is 9.90 Å². The average Bonchev–Trinajstić information content (AvgIpc) is 3.06. The Bertz CT molecular complexity index is 974. The minimum atomic E-state index is -1.17. The summed E-state index contributed by atoms with van der Waals surface area (Å²) in [6.07, 6.45) is 2.56. The van der Waals surface area contributed by atoms with Gasteiger partial charge in [0.05, 0.1) is 6.20 Å². The van der Waals surface area contributed by atoms with Gasteiger partial charge in [-0.05, 0) is 46.6 Å². The molecule has 1 saturated heterocycles. The van der Waals surface area contributed by atoms with E-state index in [1.165, 1.54) is 0 Å². The average molecular weight is 479 g/mol. The van der Waals surface area contributed by atoms with E-state index in [1.54, 1.807) is 10.9 Å². The third-order valence-electron chi connectivity index (χ3n) is 5.63. The molecule has 0 radical (unpaired) electrons. The molecule has 1 aliphatic heterocycles. The molecule has 1 fully saturated rings. The van der Waals surface area contributed by atoms with Crippen molar-refractivity contribution in [2.45, 2.75) is 84.1 Å². The topological polar surface area (TPSA) is 115 Å². The predicted molar refractivity (Wildman–Crippen MR) is 130 cm³/mol. The van der Waals surface area contributed by atoms with Gasteiger partial charge in [-0.1, -0.05) is 19.6 Å². The number of carbonyl (C=O) groups excluding carboxylic acids is 1. The monoisotopic (exact) mass is 478 g/mol. The molecule has 2 aromatic heterocycles. The molecule has 0 unspecified atom stereocenters. The second-order valence-corrected chi connectivity index (χ2v) is 16.9. The second kappa shape index (κ2) is 9.45. The first kappa shape index (κ1) is 25.2. The van der Waals surface area contributed by atoms with Crippen molar-refractivity contribution in [1.82, 2.24) is 25.1 Å².